The Morgan fingerprint density at radius 3 is 2.58 bits per heavy atom. The van der Waals surface area contributed by atoms with Gasteiger partial charge in [-0.25, -0.2) is 9.79 Å². The van der Waals surface area contributed by atoms with Gasteiger partial charge in [-0.15, -0.1) is 0 Å². The number of hydrogen-bond donors (Lipinski definition) is 0. The average molecular weight is 590 g/mol. The molecule has 0 N–H and O–H groups in total. The van der Waals surface area contributed by atoms with E-state index in [1.54, 1.807) is 18.4 Å². The molecule has 6 nitrogen and oxygen atoms in total. The van der Waals surface area contributed by atoms with E-state index in [4.69, 9.17) is 9.47 Å². The predicted molar refractivity (Wildman–Crippen MR) is 152 cm³/mol. The van der Waals surface area contributed by atoms with Crippen LogP contribution in [0.4, 0.5) is 0 Å². The van der Waals surface area contributed by atoms with Crippen LogP contribution in [0.15, 0.2) is 104 Å². The van der Waals surface area contributed by atoms with E-state index in [0.29, 0.717) is 33.0 Å². The summed E-state index contributed by atoms with van der Waals surface area (Å²) < 4.78 is 14.3. The Morgan fingerprint density at radius 2 is 1.84 bits per heavy atom. The molecule has 1 atom stereocenters. The molecule has 1 unspecified atom stereocenters. The smallest absolute Gasteiger partial charge is 0.338 e. The minimum absolute atomic E-state index is 0.216. The number of ether oxygens (including phenoxy) is 2. The Labute approximate surface area is 232 Å². The molecule has 2 heterocycles. The molecule has 5 rings (SSSR count). The van der Waals surface area contributed by atoms with Gasteiger partial charge in [-0.05, 0) is 60.9 Å². The molecule has 0 saturated heterocycles. The molecule has 0 saturated carbocycles. The number of fused-ring (bicyclic) bond motifs is 1. The summed E-state index contributed by atoms with van der Waals surface area (Å²) in [6, 6.07) is 24.5. The largest absolute Gasteiger partial charge is 0.489 e. The van der Waals surface area contributed by atoms with Gasteiger partial charge in [0, 0.05) is 4.47 Å². The Bertz CT molecular complexity index is 1690. The molecule has 0 spiro atoms. The van der Waals surface area contributed by atoms with Gasteiger partial charge >= 0.3 is 5.97 Å². The van der Waals surface area contributed by atoms with Crippen molar-refractivity contribution in [2.45, 2.75) is 26.5 Å². The van der Waals surface area contributed by atoms with Crippen LogP contribution in [-0.4, -0.2) is 17.1 Å². The van der Waals surface area contributed by atoms with E-state index in [1.807, 2.05) is 84.9 Å². The molecule has 3 aromatic carbocycles. The molecule has 1 aliphatic rings. The SMILES string of the molecule is CCOC(=O)C1=C(C)N=c2s/c(=C/c3cccc(OCc4ccccc4)c3)c(=O)n2C1c1ccc(Br)cc1. The van der Waals surface area contributed by atoms with Gasteiger partial charge in [0.2, 0.25) is 0 Å². The highest BCUT2D eigenvalue weighted by atomic mass is 79.9. The van der Waals surface area contributed by atoms with E-state index in [1.165, 1.54) is 11.3 Å². The highest BCUT2D eigenvalue weighted by Crippen LogP contribution is 2.31. The summed E-state index contributed by atoms with van der Waals surface area (Å²) in [5, 5.41) is 0. The van der Waals surface area contributed by atoms with E-state index >= 15 is 0 Å². The molecular formula is C30H25BrN2O4S. The van der Waals surface area contributed by atoms with Crippen molar-refractivity contribution in [2.75, 3.05) is 6.61 Å². The number of rotatable bonds is 7. The fraction of sp³-hybridized carbons (Fsp3) is 0.167. The lowest BCUT2D eigenvalue weighted by atomic mass is 9.96. The molecule has 1 aliphatic heterocycles. The van der Waals surface area contributed by atoms with Crippen LogP contribution in [0.25, 0.3) is 6.08 Å². The second-order valence-corrected chi connectivity index (χ2v) is 10.6. The zero-order chi connectivity index (χ0) is 26.6. The van der Waals surface area contributed by atoms with Crippen LogP contribution in [0.1, 0.15) is 36.6 Å². The van der Waals surface area contributed by atoms with Gasteiger partial charge in [-0.1, -0.05) is 81.9 Å². The lowest BCUT2D eigenvalue weighted by Crippen LogP contribution is -2.39. The Balaban J connectivity index is 1.55. The van der Waals surface area contributed by atoms with Crippen LogP contribution in [0, 0.1) is 0 Å². The topological polar surface area (TPSA) is 69.9 Å². The first-order chi connectivity index (χ1) is 18.4. The zero-order valence-electron chi connectivity index (χ0n) is 20.9. The summed E-state index contributed by atoms with van der Waals surface area (Å²) in [5.74, 6) is 0.239. The highest BCUT2D eigenvalue weighted by molar-refractivity contribution is 9.10. The number of thiazole rings is 1. The van der Waals surface area contributed by atoms with Crippen LogP contribution >= 0.6 is 27.3 Å². The molecule has 38 heavy (non-hydrogen) atoms. The second-order valence-electron chi connectivity index (χ2n) is 8.70. The minimum Gasteiger partial charge on any atom is -0.489 e. The maximum atomic E-state index is 13.8. The van der Waals surface area contributed by atoms with Crippen molar-refractivity contribution < 1.29 is 14.3 Å². The van der Waals surface area contributed by atoms with Crippen molar-refractivity contribution in [3.8, 4) is 5.75 Å². The van der Waals surface area contributed by atoms with Gasteiger partial charge in [0.15, 0.2) is 4.80 Å². The number of carbonyl (C=O) groups is 1. The van der Waals surface area contributed by atoms with Crippen LogP contribution in [0.2, 0.25) is 0 Å². The van der Waals surface area contributed by atoms with Crippen LogP contribution < -0.4 is 19.6 Å². The summed E-state index contributed by atoms with van der Waals surface area (Å²) in [5.41, 5.74) is 3.40. The number of carbonyl (C=O) groups excluding carboxylic acids is 1. The maximum absolute atomic E-state index is 13.8. The zero-order valence-corrected chi connectivity index (χ0v) is 23.3. The third kappa shape index (κ3) is 5.42. The molecule has 0 fully saturated rings. The number of aromatic nitrogens is 1. The van der Waals surface area contributed by atoms with Crippen molar-refractivity contribution in [3.05, 3.63) is 131 Å². The number of esters is 1. The van der Waals surface area contributed by atoms with Crippen molar-refractivity contribution >= 4 is 39.3 Å². The highest BCUT2D eigenvalue weighted by Gasteiger charge is 2.33. The fourth-order valence-electron chi connectivity index (χ4n) is 4.34. The van der Waals surface area contributed by atoms with Gasteiger partial charge in [0.25, 0.3) is 5.56 Å². The molecule has 4 aromatic rings. The number of allylic oxidation sites excluding steroid dienone is 1. The van der Waals surface area contributed by atoms with E-state index < -0.39 is 12.0 Å². The van der Waals surface area contributed by atoms with Crippen LogP contribution in [0.5, 0.6) is 5.75 Å². The van der Waals surface area contributed by atoms with Gasteiger partial charge < -0.3 is 9.47 Å². The van der Waals surface area contributed by atoms with E-state index in [0.717, 1.165) is 21.2 Å². The van der Waals surface area contributed by atoms with Crippen molar-refractivity contribution in [2.24, 2.45) is 4.99 Å². The third-order valence-corrected chi connectivity index (χ3v) is 7.62. The quantitative estimate of drug-likeness (QED) is 0.280. The maximum Gasteiger partial charge on any atom is 0.338 e. The number of nitrogens with zero attached hydrogens (tertiary/aromatic N) is 2. The number of halogens is 1. The first-order valence-corrected chi connectivity index (χ1v) is 13.8. The molecule has 192 valence electrons. The standard InChI is InChI=1S/C30H25BrN2O4S/c1-3-36-29(35)26-19(2)32-30-33(27(26)22-12-14-23(31)15-13-22)28(34)25(38-30)17-21-10-7-11-24(16-21)37-18-20-8-5-4-6-9-20/h4-17,27H,3,18H2,1-2H3/b25-17+. The number of benzene rings is 3. The normalized spacial score (nSPS) is 15.1. The Kier molecular flexibility index (Phi) is 7.72. The van der Waals surface area contributed by atoms with Crippen LogP contribution in [0.3, 0.4) is 0 Å². The molecule has 0 amide bonds. The van der Waals surface area contributed by atoms with Gasteiger partial charge in [-0.3, -0.25) is 9.36 Å². The van der Waals surface area contributed by atoms with Crippen LogP contribution in [-0.2, 0) is 16.1 Å². The fourth-order valence-corrected chi connectivity index (χ4v) is 5.65. The molecule has 1 aromatic heterocycles. The third-order valence-electron chi connectivity index (χ3n) is 6.11. The Morgan fingerprint density at radius 1 is 1.08 bits per heavy atom. The van der Waals surface area contributed by atoms with E-state index in [9.17, 15) is 9.59 Å². The first kappa shape index (κ1) is 25.9. The molecule has 8 heteroatoms. The van der Waals surface area contributed by atoms with Gasteiger partial charge in [0.1, 0.15) is 12.4 Å². The number of hydrogen-bond acceptors (Lipinski definition) is 6. The summed E-state index contributed by atoms with van der Waals surface area (Å²) in [4.78, 5) is 31.9. The monoisotopic (exact) mass is 588 g/mol. The molecule has 0 radical (unpaired) electrons. The summed E-state index contributed by atoms with van der Waals surface area (Å²) >= 11 is 4.76. The molecule has 0 aliphatic carbocycles. The van der Waals surface area contributed by atoms with Crippen molar-refractivity contribution in [1.29, 1.82) is 0 Å². The summed E-state index contributed by atoms with van der Waals surface area (Å²) in [6.45, 7) is 4.23. The molecule has 0 bridgehead atoms. The molecular weight excluding hydrogens is 564 g/mol. The van der Waals surface area contributed by atoms with Crippen molar-refractivity contribution in [3.63, 3.8) is 0 Å². The first-order valence-electron chi connectivity index (χ1n) is 12.2. The Hall–Kier alpha value is -3.75. The summed E-state index contributed by atoms with van der Waals surface area (Å²) in [7, 11) is 0. The second kappa shape index (κ2) is 11.3. The minimum atomic E-state index is -0.638. The predicted octanol–water partition coefficient (Wildman–Crippen LogP) is 5.14. The average Bonchev–Trinajstić information content (AvgIpc) is 3.22. The van der Waals surface area contributed by atoms with Crippen molar-refractivity contribution in [1.82, 2.24) is 4.57 Å². The lowest BCUT2D eigenvalue weighted by molar-refractivity contribution is -0.139. The van der Waals surface area contributed by atoms with Gasteiger partial charge in [-0.2, -0.15) is 0 Å². The lowest BCUT2D eigenvalue weighted by Gasteiger charge is -2.24. The summed E-state index contributed by atoms with van der Waals surface area (Å²) in [6.07, 6.45) is 1.83. The van der Waals surface area contributed by atoms with Gasteiger partial charge in [0.05, 0.1) is 28.5 Å². The van der Waals surface area contributed by atoms with E-state index in [-0.39, 0.29) is 12.2 Å². The van der Waals surface area contributed by atoms with E-state index in [2.05, 4.69) is 20.9 Å².